The lowest BCUT2D eigenvalue weighted by Gasteiger charge is -2.38. The summed E-state index contributed by atoms with van der Waals surface area (Å²) >= 11 is 0. The molecule has 0 spiro atoms. The van der Waals surface area contributed by atoms with Gasteiger partial charge in [-0.3, -0.25) is 0 Å². The minimum atomic E-state index is -1.52. The van der Waals surface area contributed by atoms with Crippen LogP contribution in [0.1, 0.15) is 40.0 Å². The van der Waals surface area contributed by atoms with Gasteiger partial charge < -0.3 is 9.16 Å². The molecular formula is C14H26O2Si. The Bertz CT molecular complexity index is 247. The average molecular weight is 254 g/mol. The fourth-order valence-corrected chi connectivity index (χ4v) is 5.49. The highest BCUT2D eigenvalue weighted by atomic mass is 28.4. The van der Waals surface area contributed by atoms with E-state index < -0.39 is 8.32 Å². The number of ether oxygens (including phenoxy) is 1. The highest BCUT2D eigenvalue weighted by Crippen LogP contribution is 2.29. The summed E-state index contributed by atoms with van der Waals surface area (Å²) < 4.78 is 12.3. The van der Waals surface area contributed by atoms with E-state index in [4.69, 9.17) is 15.6 Å². The zero-order valence-electron chi connectivity index (χ0n) is 11.5. The van der Waals surface area contributed by atoms with Crippen molar-refractivity contribution in [2.75, 3.05) is 6.61 Å². The molecule has 1 aliphatic heterocycles. The summed E-state index contributed by atoms with van der Waals surface area (Å²) in [4.78, 5) is 0. The van der Waals surface area contributed by atoms with Crippen LogP contribution in [0, 0.1) is 12.3 Å². The van der Waals surface area contributed by atoms with Crippen molar-refractivity contribution in [2.24, 2.45) is 0 Å². The summed E-state index contributed by atoms with van der Waals surface area (Å²) in [5.41, 5.74) is 0. The molecule has 2 nitrogen and oxygen atoms in total. The third kappa shape index (κ3) is 3.84. The van der Waals surface area contributed by atoms with Crippen molar-refractivity contribution in [1.29, 1.82) is 0 Å². The molecule has 2 atom stereocenters. The predicted molar refractivity (Wildman–Crippen MR) is 74.5 cm³/mol. The zero-order chi connectivity index (χ0) is 12.7. The van der Waals surface area contributed by atoms with Gasteiger partial charge in [0.25, 0.3) is 0 Å². The summed E-state index contributed by atoms with van der Waals surface area (Å²) in [5, 5.41) is 0. The van der Waals surface area contributed by atoms with Gasteiger partial charge in [0.15, 0.2) is 8.32 Å². The molecule has 0 aromatic heterocycles. The lowest BCUT2D eigenvalue weighted by atomic mass is 10.0. The first-order valence-electron chi connectivity index (χ1n) is 6.94. The van der Waals surface area contributed by atoms with Crippen molar-refractivity contribution in [2.45, 2.75) is 70.4 Å². The Morgan fingerprint density at radius 3 is 2.47 bits per heavy atom. The minimum Gasteiger partial charge on any atom is -0.411 e. The summed E-state index contributed by atoms with van der Waals surface area (Å²) in [5.74, 6) is 2.72. The first kappa shape index (κ1) is 14.8. The molecule has 1 heterocycles. The second-order valence-corrected chi connectivity index (χ2v) is 9.58. The highest BCUT2D eigenvalue weighted by Gasteiger charge is 2.36. The van der Waals surface area contributed by atoms with Gasteiger partial charge >= 0.3 is 0 Å². The van der Waals surface area contributed by atoms with Crippen LogP contribution < -0.4 is 0 Å². The van der Waals surface area contributed by atoms with E-state index >= 15 is 0 Å². The van der Waals surface area contributed by atoms with E-state index in [0.29, 0.717) is 6.42 Å². The van der Waals surface area contributed by atoms with Crippen molar-refractivity contribution in [3.8, 4) is 12.3 Å². The second kappa shape index (κ2) is 7.20. The number of terminal acetylenes is 1. The van der Waals surface area contributed by atoms with E-state index in [1.165, 1.54) is 18.1 Å². The van der Waals surface area contributed by atoms with E-state index in [1.807, 2.05) is 0 Å². The number of hydrogen-bond donors (Lipinski definition) is 0. The van der Waals surface area contributed by atoms with Crippen LogP contribution in [-0.2, 0) is 9.16 Å². The first-order valence-corrected chi connectivity index (χ1v) is 9.47. The van der Waals surface area contributed by atoms with Crippen molar-refractivity contribution in [3.63, 3.8) is 0 Å². The molecule has 0 aliphatic carbocycles. The van der Waals surface area contributed by atoms with E-state index in [9.17, 15) is 0 Å². The highest BCUT2D eigenvalue weighted by molar-refractivity contribution is 6.73. The van der Waals surface area contributed by atoms with Gasteiger partial charge in [-0.1, -0.05) is 20.8 Å². The van der Waals surface area contributed by atoms with Crippen LogP contribution >= 0.6 is 0 Å². The van der Waals surface area contributed by atoms with Gasteiger partial charge in [-0.2, -0.15) is 0 Å². The molecule has 3 heteroatoms. The van der Waals surface area contributed by atoms with Crippen LogP contribution in [0.25, 0.3) is 0 Å². The third-order valence-corrected chi connectivity index (χ3v) is 8.70. The van der Waals surface area contributed by atoms with Gasteiger partial charge in [0.2, 0.25) is 0 Å². The van der Waals surface area contributed by atoms with Gasteiger partial charge in [0.1, 0.15) is 0 Å². The van der Waals surface area contributed by atoms with Crippen LogP contribution in [-0.4, -0.2) is 27.1 Å². The summed E-state index contributed by atoms with van der Waals surface area (Å²) in [6.45, 7) is 7.63. The Hall–Kier alpha value is -0.303. The number of hydrogen-bond acceptors (Lipinski definition) is 2. The first-order chi connectivity index (χ1) is 8.21. The lowest BCUT2D eigenvalue weighted by molar-refractivity contribution is -0.0636. The average Bonchev–Trinajstić information content (AvgIpc) is 2.38. The molecule has 0 N–H and O–H groups in total. The minimum absolute atomic E-state index is 0.130. The maximum atomic E-state index is 6.51. The fraction of sp³-hybridized carbons (Fsp3) is 0.857. The monoisotopic (exact) mass is 254 g/mol. The van der Waals surface area contributed by atoms with E-state index in [2.05, 4.69) is 26.7 Å². The lowest BCUT2D eigenvalue weighted by Crippen LogP contribution is -2.46. The predicted octanol–water partition coefficient (Wildman–Crippen LogP) is 3.58. The van der Waals surface area contributed by atoms with Gasteiger partial charge in [0, 0.05) is 13.0 Å². The SMILES string of the molecule is C#CC[C@H]1OCCC[C@@H]1O[Si](CC)(CC)CC. The molecule has 0 aromatic carbocycles. The van der Waals surface area contributed by atoms with Crippen molar-refractivity contribution >= 4 is 8.32 Å². The Morgan fingerprint density at radius 2 is 1.94 bits per heavy atom. The molecule has 0 saturated carbocycles. The van der Waals surface area contributed by atoms with Crippen LogP contribution in [0.3, 0.4) is 0 Å². The molecule has 1 aliphatic rings. The van der Waals surface area contributed by atoms with Crippen LogP contribution in [0.4, 0.5) is 0 Å². The topological polar surface area (TPSA) is 18.5 Å². The Labute approximate surface area is 107 Å². The smallest absolute Gasteiger partial charge is 0.192 e. The van der Waals surface area contributed by atoms with E-state index in [1.54, 1.807) is 0 Å². The third-order valence-electron chi connectivity index (χ3n) is 4.03. The van der Waals surface area contributed by atoms with E-state index in [0.717, 1.165) is 19.4 Å². The van der Waals surface area contributed by atoms with Crippen molar-refractivity contribution in [1.82, 2.24) is 0 Å². The largest absolute Gasteiger partial charge is 0.411 e. The van der Waals surface area contributed by atoms with Crippen LogP contribution in [0.2, 0.25) is 18.1 Å². The van der Waals surface area contributed by atoms with Gasteiger partial charge in [-0.05, 0) is 31.0 Å². The number of rotatable bonds is 6. The van der Waals surface area contributed by atoms with Crippen LogP contribution in [0.5, 0.6) is 0 Å². The molecule has 0 amide bonds. The van der Waals surface area contributed by atoms with Crippen LogP contribution in [0.15, 0.2) is 0 Å². The normalized spacial score (nSPS) is 25.5. The van der Waals surface area contributed by atoms with Gasteiger partial charge in [-0.25, -0.2) is 0 Å². The summed E-state index contributed by atoms with van der Waals surface area (Å²) in [6.07, 6.45) is 8.68. The van der Waals surface area contributed by atoms with Gasteiger partial charge in [0.05, 0.1) is 12.2 Å². The zero-order valence-corrected chi connectivity index (χ0v) is 12.5. The molecule has 0 aromatic rings. The van der Waals surface area contributed by atoms with Crippen molar-refractivity contribution < 1.29 is 9.16 Å². The molecule has 17 heavy (non-hydrogen) atoms. The maximum Gasteiger partial charge on any atom is 0.192 e. The molecule has 0 radical (unpaired) electrons. The maximum absolute atomic E-state index is 6.51. The van der Waals surface area contributed by atoms with Gasteiger partial charge in [-0.15, -0.1) is 12.3 Å². The van der Waals surface area contributed by atoms with E-state index in [-0.39, 0.29) is 12.2 Å². The molecule has 1 rings (SSSR count). The molecule has 1 fully saturated rings. The summed E-state index contributed by atoms with van der Waals surface area (Å²) in [6, 6.07) is 3.58. The fourth-order valence-electron chi connectivity index (χ4n) is 2.57. The Kier molecular flexibility index (Phi) is 6.25. The Balaban J connectivity index is 2.65. The molecular weight excluding hydrogens is 228 g/mol. The molecule has 0 bridgehead atoms. The molecule has 1 saturated heterocycles. The van der Waals surface area contributed by atoms with Crippen molar-refractivity contribution in [3.05, 3.63) is 0 Å². The second-order valence-electron chi connectivity index (χ2n) is 4.86. The Morgan fingerprint density at radius 1 is 1.29 bits per heavy atom. The quantitative estimate of drug-likeness (QED) is 0.533. The summed E-state index contributed by atoms with van der Waals surface area (Å²) in [7, 11) is -1.52. The molecule has 98 valence electrons. The standard InChI is InChI=1S/C14H26O2Si/c1-5-10-13-14(11-9-12-15-13)16-17(6-2,7-3)8-4/h1,13-14H,6-12H2,2-4H3/t13-,14+/m1/s1. The molecule has 0 unspecified atom stereocenters.